The molecule has 1 aliphatic carbocycles. The molecular weight excluding hydrogens is 348 g/mol. The van der Waals surface area contributed by atoms with Gasteiger partial charge in [0.05, 0.1) is 10.6 Å². The standard InChI is InChI=1S/C20H26N2O3S/c1-2-14-22-15-18(10-13-20(22)23)21-26(24,25)19-11-8-17(9-12-19)16-6-4-3-5-7-16/h8-13,15-16,21H,2-7,14H2,1H3. The third kappa shape index (κ3) is 4.36. The highest BCUT2D eigenvalue weighted by Gasteiger charge is 2.18. The van der Waals surface area contributed by atoms with Crippen LogP contribution in [0, 0.1) is 0 Å². The molecule has 1 heterocycles. The third-order valence-electron chi connectivity index (χ3n) is 4.97. The van der Waals surface area contributed by atoms with Crippen LogP contribution in [0.5, 0.6) is 0 Å². The van der Waals surface area contributed by atoms with E-state index < -0.39 is 10.0 Å². The van der Waals surface area contributed by atoms with Gasteiger partial charge in [-0.2, -0.15) is 0 Å². The van der Waals surface area contributed by atoms with Gasteiger partial charge in [-0.15, -0.1) is 0 Å². The minimum absolute atomic E-state index is 0.133. The van der Waals surface area contributed by atoms with Gasteiger partial charge in [0.1, 0.15) is 0 Å². The van der Waals surface area contributed by atoms with Crippen molar-refractivity contribution in [3.05, 3.63) is 58.5 Å². The molecule has 0 aliphatic heterocycles. The molecule has 1 fully saturated rings. The van der Waals surface area contributed by atoms with Crippen molar-refractivity contribution in [3.63, 3.8) is 0 Å². The fourth-order valence-electron chi connectivity index (χ4n) is 3.58. The predicted molar refractivity (Wildman–Crippen MR) is 104 cm³/mol. The highest BCUT2D eigenvalue weighted by atomic mass is 32.2. The van der Waals surface area contributed by atoms with Crippen LogP contribution in [0.25, 0.3) is 0 Å². The van der Waals surface area contributed by atoms with Crippen LogP contribution in [0.3, 0.4) is 0 Å². The summed E-state index contributed by atoms with van der Waals surface area (Å²) >= 11 is 0. The summed E-state index contributed by atoms with van der Waals surface area (Å²) in [5.41, 5.74) is 1.49. The molecule has 26 heavy (non-hydrogen) atoms. The van der Waals surface area contributed by atoms with Crippen LogP contribution in [-0.4, -0.2) is 13.0 Å². The normalized spacial score (nSPS) is 15.7. The van der Waals surface area contributed by atoms with E-state index in [1.165, 1.54) is 54.4 Å². The van der Waals surface area contributed by atoms with Gasteiger partial charge in [0, 0.05) is 18.8 Å². The number of aromatic nitrogens is 1. The smallest absolute Gasteiger partial charge is 0.261 e. The lowest BCUT2D eigenvalue weighted by molar-refractivity contribution is 0.443. The van der Waals surface area contributed by atoms with Crippen molar-refractivity contribution < 1.29 is 8.42 Å². The average molecular weight is 375 g/mol. The summed E-state index contributed by atoms with van der Waals surface area (Å²) in [6, 6.07) is 10.1. The highest BCUT2D eigenvalue weighted by molar-refractivity contribution is 7.92. The van der Waals surface area contributed by atoms with Gasteiger partial charge in [0.15, 0.2) is 0 Å². The molecule has 0 amide bonds. The quantitative estimate of drug-likeness (QED) is 0.827. The van der Waals surface area contributed by atoms with Crippen molar-refractivity contribution in [2.75, 3.05) is 4.72 Å². The van der Waals surface area contributed by atoms with Crippen LogP contribution in [-0.2, 0) is 16.6 Å². The topological polar surface area (TPSA) is 68.2 Å². The SMILES string of the molecule is CCCn1cc(NS(=O)(=O)c2ccc(C3CCCCC3)cc2)ccc1=O. The summed E-state index contributed by atoms with van der Waals surface area (Å²) in [6.45, 7) is 2.53. The van der Waals surface area contributed by atoms with E-state index in [1.807, 2.05) is 19.1 Å². The van der Waals surface area contributed by atoms with Crippen LogP contribution in [0.4, 0.5) is 5.69 Å². The molecule has 0 spiro atoms. The first kappa shape index (κ1) is 18.7. The number of sulfonamides is 1. The molecule has 5 nitrogen and oxygen atoms in total. The Morgan fingerprint density at radius 1 is 1.04 bits per heavy atom. The Hall–Kier alpha value is -2.08. The summed E-state index contributed by atoms with van der Waals surface area (Å²) < 4.78 is 29.4. The number of anilines is 1. The molecule has 6 heteroatoms. The second-order valence-corrected chi connectivity index (χ2v) is 8.64. The fraction of sp³-hybridized carbons (Fsp3) is 0.450. The molecule has 0 atom stereocenters. The number of nitrogens with zero attached hydrogens (tertiary/aromatic N) is 1. The van der Waals surface area contributed by atoms with Crippen molar-refractivity contribution >= 4 is 15.7 Å². The minimum atomic E-state index is -3.67. The Balaban J connectivity index is 1.77. The molecule has 3 rings (SSSR count). The molecule has 1 saturated carbocycles. The van der Waals surface area contributed by atoms with Crippen molar-refractivity contribution in [2.45, 2.75) is 62.8 Å². The van der Waals surface area contributed by atoms with Crippen LogP contribution in [0.2, 0.25) is 0 Å². The maximum atomic E-state index is 12.6. The number of nitrogens with one attached hydrogen (secondary N) is 1. The minimum Gasteiger partial charge on any atom is -0.313 e. The lowest BCUT2D eigenvalue weighted by atomic mass is 9.84. The van der Waals surface area contributed by atoms with Crippen LogP contribution < -0.4 is 10.3 Å². The third-order valence-corrected chi connectivity index (χ3v) is 6.36. The number of benzene rings is 1. The maximum Gasteiger partial charge on any atom is 0.261 e. The Morgan fingerprint density at radius 2 is 1.73 bits per heavy atom. The number of rotatable bonds is 6. The highest BCUT2D eigenvalue weighted by Crippen LogP contribution is 2.33. The molecule has 2 aromatic rings. The number of hydrogen-bond donors (Lipinski definition) is 1. The first-order chi connectivity index (χ1) is 12.5. The van der Waals surface area contributed by atoms with E-state index >= 15 is 0 Å². The van der Waals surface area contributed by atoms with Crippen LogP contribution in [0.15, 0.2) is 52.3 Å². The molecule has 0 unspecified atom stereocenters. The maximum absolute atomic E-state index is 12.6. The number of pyridine rings is 1. The zero-order valence-corrected chi connectivity index (χ0v) is 16.0. The Morgan fingerprint density at radius 3 is 2.38 bits per heavy atom. The Bertz CT molecular complexity index is 895. The van der Waals surface area contributed by atoms with E-state index in [4.69, 9.17) is 0 Å². The average Bonchev–Trinajstić information content (AvgIpc) is 2.65. The lowest BCUT2D eigenvalue weighted by Crippen LogP contribution is -2.20. The molecule has 1 aliphatic rings. The van der Waals surface area contributed by atoms with Gasteiger partial charge in [0.2, 0.25) is 0 Å². The fourth-order valence-corrected chi connectivity index (χ4v) is 4.62. The summed E-state index contributed by atoms with van der Waals surface area (Å²) in [6.07, 6.45) is 8.53. The second kappa shape index (κ2) is 8.08. The van der Waals surface area contributed by atoms with Crippen molar-refractivity contribution in [1.29, 1.82) is 0 Å². The van der Waals surface area contributed by atoms with Crippen molar-refractivity contribution in [1.82, 2.24) is 4.57 Å². The molecule has 1 aromatic carbocycles. The molecule has 1 aromatic heterocycles. The first-order valence-corrected chi connectivity index (χ1v) is 10.8. The molecule has 1 N–H and O–H groups in total. The van der Waals surface area contributed by atoms with Crippen LogP contribution in [0.1, 0.15) is 56.9 Å². The molecular formula is C20H26N2O3S. The Labute approximate surface area is 155 Å². The van der Waals surface area contributed by atoms with Gasteiger partial charge >= 0.3 is 0 Å². The van der Waals surface area contributed by atoms with Gasteiger partial charge in [-0.25, -0.2) is 8.42 Å². The summed E-state index contributed by atoms with van der Waals surface area (Å²) in [4.78, 5) is 12.0. The van der Waals surface area contributed by atoms with E-state index in [9.17, 15) is 13.2 Å². The number of aryl methyl sites for hydroxylation is 1. The molecule has 0 saturated heterocycles. The monoisotopic (exact) mass is 374 g/mol. The number of hydrogen-bond acceptors (Lipinski definition) is 3. The summed E-state index contributed by atoms with van der Waals surface area (Å²) in [5.74, 6) is 0.547. The largest absolute Gasteiger partial charge is 0.313 e. The van der Waals surface area contributed by atoms with E-state index in [1.54, 1.807) is 18.3 Å². The predicted octanol–water partition coefficient (Wildman–Crippen LogP) is 4.11. The van der Waals surface area contributed by atoms with E-state index in [0.29, 0.717) is 18.2 Å². The molecule has 0 bridgehead atoms. The van der Waals surface area contributed by atoms with Gasteiger partial charge in [0.25, 0.3) is 15.6 Å². The van der Waals surface area contributed by atoms with E-state index in [0.717, 1.165) is 6.42 Å². The van der Waals surface area contributed by atoms with Crippen molar-refractivity contribution in [3.8, 4) is 0 Å². The van der Waals surface area contributed by atoms with E-state index in [-0.39, 0.29) is 10.5 Å². The van der Waals surface area contributed by atoms with Gasteiger partial charge in [-0.3, -0.25) is 9.52 Å². The van der Waals surface area contributed by atoms with Crippen molar-refractivity contribution in [2.24, 2.45) is 0 Å². The molecule has 0 radical (unpaired) electrons. The zero-order valence-electron chi connectivity index (χ0n) is 15.1. The van der Waals surface area contributed by atoms with Crippen LogP contribution >= 0.6 is 0 Å². The van der Waals surface area contributed by atoms with Gasteiger partial charge < -0.3 is 4.57 Å². The summed E-state index contributed by atoms with van der Waals surface area (Å²) in [7, 11) is -3.67. The second-order valence-electron chi connectivity index (χ2n) is 6.96. The van der Waals surface area contributed by atoms with Gasteiger partial charge in [-0.05, 0) is 48.9 Å². The van der Waals surface area contributed by atoms with E-state index in [2.05, 4.69) is 4.72 Å². The molecule has 140 valence electrons. The van der Waals surface area contributed by atoms with Gasteiger partial charge in [-0.1, -0.05) is 38.3 Å². The lowest BCUT2D eigenvalue weighted by Gasteiger charge is -2.22. The summed E-state index contributed by atoms with van der Waals surface area (Å²) in [5, 5.41) is 0. The zero-order chi connectivity index (χ0) is 18.6. The Kier molecular flexibility index (Phi) is 5.81. The first-order valence-electron chi connectivity index (χ1n) is 9.33.